The Morgan fingerprint density at radius 3 is 2.18 bits per heavy atom. The van der Waals surface area contributed by atoms with E-state index in [4.69, 9.17) is 16.3 Å². The lowest BCUT2D eigenvalue weighted by atomic mass is 10.1. The molecule has 22 heavy (non-hydrogen) atoms. The smallest absolute Gasteiger partial charge is 0.315 e. The number of carbonyl (C=O) groups excluding carboxylic acids is 3. The zero-order chi connectivity index (χ0) is 16.7. The summed E-state index contributed by atoms with van der Waals surface area (Å²) in [4.78, 5) is 33.6. The van der Waals surface area contributed by atoms with E-state index in [2.05, 4.69) is 15.6 Å². The average Bonchev–Trinajstić information content (AvgIpc) is 2.48. The molecule has 120 valence electrons. The van der Waals surface area contributed by atoms with E-state index in [0.717, 1.165) is 18.2 Å². The fraction of sp³-hybridized carbons (Fsp3) is 0.357. The van der Waals surface area contributed by atoms with Gasteiger partial charge in [-0.25, -0.2) is 0 Å². The van der Waals surface area contributed by atoms with Crippen LogP contribution in [0.1, 0.15) is 17.5 Å². The lowest BCUT2D eigenvalue weighted by Gasteiger charge is -2.10. The molecule has 0 spiro atoms. The van der Waals surface area contributed by atoms with Crippen LogP contribution >= 0.6 is 11.6 Å². The third-order valence-electron chi connectivity index (χ3n) is 2.65. The Hall–Kier alpha value is -2.28. The molecule has 7 nitrogen and oxygen atoms in total. The number of halogens is 1. The molecule has 0 atom stereocenters. The molecule has 0 bridgehead atoms. The van der Waals surface area contributed by atoms with Gasteiger partial charge in [0.05, 0.1) is 7.11 Å². The summed E-state index contributed by atoms with van der Waals surface area (Å²) < 4.78 is 9.62. The van der Waals surface area contributed by atoms with Crippen molar-refractivity contribution < 1.29 is 23.9 Å². The van der Waals surface area contributed by atoms with Crippen LogP contribution in [0.5, 0.6) is 5.75 Å². The minimum atomic E-state index is -0.699. The van der Waals surface area contributed by atoms with Crippen molar-refractivity contribution in [2.24, 2.45) is 0 Å². The second-order valence-electron chi connectivity index (χ2n) is 4.51. The standard InChI is InChI=1S/C14H17ClN2O5/c1-8-4-10(5-9(2)14(8)15)22-7-12(19)17-16-11(18)6-13(20)21-3/h4-5H,6-7H2,1-3H3,(H,16,18)(H,17,19). The van der Waals surface area contributed by atoms with Gasteiger partial charge in [-0.2, -0.15) is 0 Å². The zero-order valence-corrected chi connectivity index (χ0v) is 13.2. The Kier molecular flexibility index (Phi) is 6.65. The molecule has 0 saturated carbocycles. The van der Waals surface area contributed by atoms with E-state index in [1.54, 1.807) is 12.1 Å². The fourth-order valence-electron chi connectivity index (χ4n) is 1.56. The van der Waals surface area contributed by atoms with Crippen LogP contribution in [0.4, 0.5) is 0 Å². The van der Waals surface area contributed by atoms with Crippen LogP contribution in [-0.4, -0.2) is 31.5 Å². The summed E-state index contributed by atoms with van der Waals surface area (Å²) in [6.45, 7) is 3.36. The van der Waals surface area contributed by atoms with Crippen molar-refractivity contribution in [1.29, 1.82) is 0 Å². The van der Waals surface area contributed by atoms with Crippen molar-refractivity contribution in [3.05, 3.63) is 28.3 Å². The number of hydrogen-bond acceptors (Lipinski definition) is 5. The molecule has 0 fully saturated rings. The summed E-state index contributed by atoms with van der Waals surface area (Å²) >= 11 is 6.03. The Morgan fingerprint density at radius 2 is 1.64 bits per heavy atom. The van der Waals surface area contributed by atoms with Crippen LogP contribution in [0.3, 0.4) is 0 Å². The molecule has 0 aliphatic carbocycles. The van der Waals surface area contributed by atoms with Crippen molar-refractivity contribution >= 4 is 29.4 Å². The zero-order valence-electron chi connectivity index (χ0n) is 12.5. The van der Waals surface area contributed by atoms with E-state index in [1.807, 2.05) is 13.8 Å². The largest absolute Gasteiger partial charge is 0.484 e. The van der Waals surface area contributed by atoms with Crippen LogP contribution < -0.4 is 15.6 Å². The maximum atomic E-state index is 11.5. The molecule has 0 aliphatic rings. The number of carbonyl (C=O) groups is 3. The third-order valence-corrected chi connectivity index (χ3v) is 3.25. The number of hydrazine groups is 1. The predicted octanol–water partition coefficient (Wildman–Crippen LogP) is 1.05. The maximum absolute atomic E-state index is 11.5. The number of benzene rings is 1. The van der Waals surface area contributed by atoms with Gasteiger partial charge in [0.15, 0.2) is 6.61 Å². The number of hydrogen-bond donors (Lipinski definition) is 2. The van der Waals surface area contributed by atoms with E-state index < -0.39 is 24.2 Å². The normalized spacial score (nSPS) is 9.82. The molecule has 2 amide bonds. The van der Waals surface area contributed by atoms with E-state index in [-0.39, 0.29) is 6.61 Å². The monoisotopic (exact) mass is 328 g/mol. The highest BCUT2D eigenvalue weighted by Gasteiger charge is 2.11. The van der Waals surface area contributed by atoms with Gasteiger partial charge in [0, 0.05) is 5.02 Å². The van der Waals surface area contributed by atoms with Gasteiger partial charge in [-0.3, -0.25) is 25.2 Å². The molecule has 0 saturated heterocycles. The SMILES string of the molecule is COC(=O)CC(=O)NNC(=O)COc1cc(C)c(Cl)c(C)c1. The van der Waals surface area contributed by atoms with Gasteiger partial charge in [-0.05, 0) is 37.1 Å². The summed E-state index contributed by atoms with van der Waals surface area (Å²) in [6, 6.07) is 3.41. The first kappa shape index (κ1) is 17.8. The van der Waals surface area contributed by atoms with Crippen LogP contribution in [0.15, 0.2) is 12.1 Å². The van der Waals surface area contributed by atoms with Gasteiger partial charge in [0.2, 0.25) is 5.91 Å². The first-order valence-corrected chi connectivity index (χ1v) is 6.75. The molecule has 0 aromatic heterocycles. The number of amides is 2. The topological polar surface area (TPSA) is 93.7 Å². The average molecular weight is 329 g/mol. The molecule has 2 N–H and O–H groups in total. The number of ether oxygens (including phenoxy) is 2. The Balaban J connectivity index is 2.40. The van der Waals surface area contributed by atoms with Crippen LogP contribution in [0, 0.1) is 13.8 Å². The Morgan fingerprint density at radius 1 is 1.09 bits per heavy atom. The molecule has 1 aromatic rings. The molecular formula is C14H17ClN2O5. The number of esters is 1. The number of rotatable bonds is 5. The van der Waals surface area contributed by atoms with Crippen molar-refractivity contribution in [2.45, 2.75) is 20.3 Å². The minimum Gasteiger partial charge on any atom is -0.484 e. The minimum absolute atomic E-state index is 0.293. The number of methoxy groups -OCH3 is 1. The van der Waals surface area contributed by atoms with Crippen LogP contribution in [0.2, 0.25) is 5.02 Å². The van der Waals surface area contributed by atoms with E-state index in [9.17, 15) is 14.4 Å². The number of nitrogens with one attached hydrogen (secondary N) is 2. The van der Waals surface area contributed by atoms with Crippen LogP contribution in [-0.2, 0) is 19.1 Å². The lowest BCUT2D eigenvalue weighted by Crippen LogP contribution is -2.44. The highest BCUT2D eigenvalue weighted by Crippen LogP contribution is 2.25. The quantitative estimate of drug-likeness (QED) is 0.478. The van der Waals surface area contributed by atoms with Crippen molar-refractivity contribution in [1.82, 2.24) is 10.9 Å². The van der Waals surface area contributed by atoms with E-state index >= 15 is 0 Å². The lowest BCUT2D eigenvalue weighted by molar-refractivity contribution is -0.144. The van der Waals surface area contributed by atoms with Crippen molar-refractivity contribution in [3.8, 4) is 5.75 Å². The Bertz CT molecular complexity index is 566. The molecule has 1 aromatic carbocycles. The van der Waals surface area contributed by atoms with Crippen molar-refractivity contribution in [2.75, 3.05) is 13.7 Å². The second-order valence-corrected chi connectivity index (χ2v) is 4.89. The molecular weight excluding hydrogens is 312 g/mol. The molecule has 1 rings (SSSR count). The van der Waals surface area contributed by atoms with E-state index in [1.165, 1.54) is 0 Å². The Labute approximate surface area is 132 Å². The molecule has 0 aliphatic heterocycles. The first-order chi connectivity index (χ1) is 10.3. The first-order valence-electron chi connectivity index (χ1n) is 6.37. The van der Waals surface area contributed by atoms with Gasteiger partial charge < -0.3 is 9.47 Å². The summed E-state index contributed by atoms with van der Waals surface area (Å²) in [5.74, 6) is -1.45. The molecule has 0 heterocycles. The van der Waals surface area contributed by atoms with Gasteiger partial charge >= 0.3 is 5.97 Å². The molecule has 0 unspecified atom stereocenters. The third kappa shape index (κ3) is 5.61. The summed E-state index contributed by atoms with van der Waals surface area (Å²) in [5.41, 5.74) is 5.87. The number of aryl methyl sites for hydroxylation is 2. The van der Waals surface area contributed by atoms with Gasteiger partial charge in [-0.15, -0.1) is 0 Å². The van der Waals surface area contributed by atoms with E-state index in [0.29, 0.717) is 10.8 Å². The van der Waals surface area contributed by atoms with Gasteiger partial charge in [-0.1, -0.05) is 11.6 Å². The summed E-state index contributed by atoms with van der Waals surface area (Å²) in [5, 5.41) is 0.645. The fourth-order valence-corrected chi connectivity index (χ4v) is 1.67. The highest BCUT2D eigenvalue weighted by atomic mass is 35.5. The summed E-state index contributed by atoms with van der Waals surface area (Å²) in [6.07, 6.45) is -0.479. The highest BCUT2D eigenvalue weighted by molar-refractivity contribution is 6.32. The predicted molar refractivity (Wildman–Crippen MR) is 79.3 cm³/mol. The maximum Gasteiger partial charge on any atom is 0.315 e. The van der Waals surface area contributed by atoms with Crippen molar-refractivity contribution in [3.63, 3.8) is 0 Å². The second kappa shape index (κ2) is 8.23. The molecule has 8 heteroatoms. The molecule has 0 radical (unpaired) electrons. The van der Waals surface area contributed by atoms with Gasteiger partial charge in [0.25, 0.3) is 5.91 Å². The van der Waals surface area contributed by atoms with Crippen LogP contribution in [0.25, 0.3) is 0 Å². The van der Waals surface area contributed by atoms with Gasteiger partial charge in [0.1, 0.15) is 12.2 Å². The summed E-state index contributed by atoms with van der Waals surface area (Å²) in [7, 11) is 1.16.